The van der Waals surface area contributed by atoms with Gasteiger partial charge in [-0.25, -0.2) is 0 Å². The molecule has 1 heterocycles. The fourth-order valence-electron chi connectivity index (χ4n) is 3.40. The maximum Gasteiger partial charge on any atom is 0.0267 e. The lowest BCUT2D eigenvalue weighted by Crippen LogP contribution is -2.23. The van der Waals surface area contributed by atoms with Crippen molar-refractivity contribution in [2.24, 2.45) is 0 Å². The summed E-state index contributed by atoms with van der Waals surface area (Å²) in [5.74, 6) is 0. The predicted octanol–water partition coefficient (Wildman–Crippen LogP) is 5.53. The molecule has 128 valence electrons. The summed E-state index contributed by atoms with van der Waals surface area (Å²) in [4.78, 5) is 3.78. The largest absolute Gasteiger partial charge is 0.265 e. The number of pyridine rings is 1. The van der Waals surface area contributed by atoms with Crippen molar-refractivity contribution in [1.82, 2.24) is 4.98 Å². The lowest BCUT2D eigenvalue weighted by Gasteiger charge is -2.31. The van der Waals surface area contributed by atoms with E-state index in [4.69, 9.17) is 0 Å². The molecule has 1 aliphatic rings. The van der Waals surface area contributed by atoms with E-state index in [1.54, 1.807) is 23.0 Å². The molecule has 0 unspecified atom stereocenters. The smallest absolute Gasteiger partial charge is 0.0267 e. The molecule has 0 spiro atoms. The van der Waals surface area contributed by atoms with Gasteiger partial charge in [0.15, 0.2) is 0 Å². The van der Waals surface area contributed by atoms with Gasteiger partial charge >= 0.3 is 0 Å². The monoisotopic (exact) mass is 347 g/mol. The third kappa shape index (κ3) is 5.51. The predicted molar refractivity (Wildman–Crippen MR) is 110 cm³/mol. The minimum atomic E-state index is -0.169. The van der Waals surface area contributed by atoms with Crippen LogP contribution in [0, 0.1) is 0 Å². The number of rotatable bonds is 3. The van der Waals surface area contributed by atoms with Gasteiger partial charge in [-0.3, -0.25) is 4.98 Å². The summed E-state index contributed by atoms with van der Waals surface area (Å²) in [6.45, 7) is 0. The minimum absolute atomic E-state index is 0.169. The molecule has 25 heavy (non-hydrogen) atoms. The van der Waals surface area contributed by atoms with E-state index in [9.17, 15) is 0 Å². The first-order valence-corrected chi connectivity index (χ1v) is 10.6. The maximum atomic E-state index is 3.78. The maximum absolute atomic E-state index is 3.78. The highest BCUT2D eigenvalue weighted by atomic mass is 31.1. The minimum Gasteiger partial charge on any atom is -0.265 e. The lowest BCUT2D eigenvalue weighted by molar-refractivity contribution is 0.513. The third-order valence-electron chi connectivity index (χ3n) is 4.58. The van der Waals surface area contributed by atoms with Crippen LogP contribution in [0.3, 0.4) is 0 Å². The van der Waals surface area contributed by atoms with Crippen LogP contribution in [0.5, 0.6) is 0 Å². The summed E-state index contributed by atoms with van der Waals surface area (Å²) < 4.78 is 0. The van der Waals surface area contributed by atoms with E-state index in [1.165, 1.54) is 32.1 Å². The van der Waals surface area contributed by atoms with Gasteiger partial charge in [0, 0.05) is 12.4 Å². The summed E-state index contributed by atoms with van der Waals surface area (Å²) in [5, 5.41) is 3.10. The molecule has 0 saturated heterocycles. The Morgan fingerprint density at radius 1 is 0.600 bits per heavy atom. The number of hydrogen-bond acceptors (Lipinski definition) is 1. The van der Waals surface area contributed by atoms with Gasteiger partial charge in [0.25, 0.3) is 0 Å². The Morgan fingerprint density at radius 3 is 1.48 bits per heavy atom. The number of nitrogens with zero attached hydrogens (tertiary/aromatic N) is 1. The Hall–Kier alpha value is -1.98. The van der Waals surface area contributed by atoms with E-state index in [2.05, 4.69) is 65.6 Å². The zero-order valence-electron chi connectivity index (χ0n) is 14.7. The lowest BCUT2D eigenvalue weighted by atomic mass is 10.0. The van der Waals surface area contributed by atoms with Gasteiger partial charge in [-0.15, -0.1) is 0 Å². The van der Waals surface area contributed by atoms with Crippen molar-refractivity contribution in [2.45, 2.75) is 37.8 Å². The summed E-state index contributed by atoms with van der Waals surface area (Å²) in [6.07, 6.45) is 10.6. The van der Waals surface area contributed by atoms with Gasteiger partial charge in [0.05, 0.1) is 0 Å². The topological polar surface area (TPSA) is 12.9 Å². The van der Waals surface area contributed by atoms with Gasteiger partial charge < -0.3 is 0 Å². The highest BCUT2D eigenvalue weighted by molar-refractivity contribution is 7.73. The molecule has 1 aromatic heterocycles. The first-order chi connectivity index (χ1) is 12.4. The van der Waals surface area contributed by atoms with Crippen LogP contribution in [0.4, 0.5) is 0 Å². The van der Waals surface area contributed by atoms with Crippen molar-refractivity contribution in [3.63, 3.8) is 0 Å². The van der Waals surface area contributed by atoms with Gasteiger partial charge in [-0.2, -0.15) is 0 Å². The molecule has 2 heteroatoms. The number of aromatic nitrogens is 1. The summed E-state index contributed by atoms with van der Waals surface area (Å²) in [7, 11) is -0.169. The molecule has 0 amide bonds. The summed E-state index contributed by atoms with van der Waals surface area (Å²) >= 11 is 0. The molecule has 0 N–H and O–H groups in total. The normalized spacial score (nSPS) is 14.6. The van der Waals surface area contributed by atoms with Crippen molar-refractivity contribution in [3.8, 4) is 0 Å². The first-order valence-electron chi connectivity index (χ1n) is 9.19. The van der Waals surface area contributed by atoms with Crippen LogP contribution < -0.4 is 10.6 Å². The molecule has 0 aliphatic heterocycles. The Labute approximate surface area is 152 Å². The van der Waals surface area contributed by atoms with Gasteiger partial charge in [0.1, 0.15) is 0 Å². The van der Waals surface area contributed by atoms with E-state index in [-0.39, 0.29) is 7.92 Å². The molecular weight excluding hydrogens is 321 g/mol. The summed E-state index contributed by atoms with van der Waals surface area (Å²) in [6, 6.07) is 28.0. The van der Waals surface area contributed by atoms with Crippen molar-refractivity contribution < 1.29 is 0 Å². The number of hydrogen-bond donors (Lipinski definition) is 0. The molecule has 0 bridgehead atoms. The fraction of sp³-hybridized carbons (Fsp3) is 0.261. The van der Waals surface area contributed by atoms with Crippen LogP contribution in [0.25, 0.3) is 0 Å². The van der Waals surface area contributed by atoms with Crippen LogP contribution in [0.1, 0.15) is 32.1 Å². The summed E-state index contributed by atoms with van der Waals surface area (Å²) in [5.41, 5.74) is 0.883. The molecule has 1 fully saturated rings. The second-order valence-electron chi connectivity index (χ2n) is 6.36. The average molecular weight is 347 g/mol. The Balaban J connectivity index is 0.000000258. The van der Waals surface area contributed by atoms with E-state index in [0.717, 1.165) is 5.66 Å². The van der Waals surface area contributed by atoms with Crippen molar-refractivity contribution >= 4 is 18.5 Å². The Morgan fingerprint density at radius 2 is 1.08 bits per heavy atom. The first kappa shape index (κ1) is 17.8. The van der Waals surface area contributed by atoms with Crippen LogP contribution in [-0.2, 0) is 0 Å². The molecular formula is C23H26NP. The molecule has 1 saturated carbocycles. The highest BCUT2D eigenvalue weighted by Crippen LogP contribution is 2.46. The fourth-order valence-corrected chi connectivity index (χ4v) is 6.41. The second-order valence-corrected chi connectivity index (χ2v) is 8.86. The van der Waals surface area contributed by atoms with E-state index in [0.29, 0.717) is 0 Å². The van der Waals surface area contributed by atoms with Gasteiger partial charge in [-0.05, 0) is 49.2 Å². The molecule has 3 aromatic rings. The van der Waals surface area contributed by atoms with Crippen LogP contribution >= 0.6 is 7.92 Å². The van der Waals surface area contributed by atoms with Gasteiger partial charge in [0.2, 0.25) is 0 Å². The van der Waals surface area contributed by atoms with Crippen LogP contribution in [0.2, 0.25) is 0 Å². The van der Waals surface area contributed by atoms with E-state index >= 15 is 0 Å². The van der Waals surface area contributed by atoms with Crippen molar-refractivity contribution in [2.75, 3.05) is 0 Å². The SMILES string of the molecule is c1ccc(P(c2ccccc2)C2CCCCC2)cc1.c1ccncc1. The second kappa shape index (κ2) is 10.1. The van der Waals surface area contributed by atoms with Crippen LogP contribution in [0.15, 0.2) is 91.3 Å². The molecule has 1 nitrogen and oxygen atoms in total. The molecule has 0 radical (unpaired) electrons. The quantitative estimate of drug-likeness (QED) is 0.567. The third-order valence-corrected chi connectivity index (χ3v) is 7.53. The van der Waals surface area contributed by atoms with Gasteiger partial charge in [-0.1, -0.05) is 86.0 Å². The highest BCUT2D eigenvalue weighted by Gasteiger charge is 2.25. The average Bonchev–Trinajstić information content (AvgIpc) is 2.72. The molecule has 4 rings (SSSR count). The Kier molecular flexibility index (Phi) is 7.21. The Bertz CT molecular complexity index is 628. The van der Waals surface area contributed by atoms with Crippen molar-refractivity contribution in [1.29, 1.82) is 0 Å². The zero-order valence-corrected chi connectivity index (χ0v) is 15.6. The zero-order chi connectivity index (χ0) is 17.2. The van der Waals surface area contributed by atoms with Crippen molar-refractivity contribution in [3.05, 3.63) is 91.3 Å². The van der Waals surface area contributed by atoms with E-state index in [1.807, 2.05) is 18.2 Å². The van der Waals surface area contributed by atoms with E-state index < -0.39 is 0 Å². The van der Waals surface area contributed by atoms with Crippen LogP contribution in [-0.4, -0.2) is 10.6 Å². The molecule has 0 atom stereocenters. The standard InChI is InChI=1S/C18H21P.C5H5N/c1-4-10-16(11-5-1)19(17-12-6-2-7-13-17)18-14-8-3-9-15-18;1-2-4-6-5-3-1/h1-2,4-7,10-13,18H,3,8-9,14-15H2;1-5H. The molecule has 1 aliphatic carbocycles. The molecule has 2 aromatic carbocycles. The number of benzene rings is 2.